The maximum absolute atomic E-state index is 12.9. The van der Waals surface area contributed by atoms with E-state index >= 15 is 0 Å². The summed E-state index contributed by atoms with van der Waals surface area (Å²) < 4.78 is 12.9. The second-order valence-electron chi connectivity index (χ2n) is 6.42. The summed E-state index contributed by atoms with van der Waals surface area (Å²) in [5, 5.41) is 3.70. The Bertz CT molecular complexity index is 628. The quantitative estimate of drug-likeness (QED) is 0.893. The summed E-state index contributed by atoms with van der Waals surface area (Å²) in [6.07, 6.45) is 3.58. The van der Waals surface area contributed by atoms with Crippen molar-refractivity contribution in [1.29, 1.82) is 0 Å². The first-order valence-electron chi connectivity index (χ1n) is 7.86. The summed E-state index contributed by atoms with van der Waals surface area (Å²) in [7, 11) is 0. The average Bonchev–Trinajstić information content (AvgIpc) is 2.43. The zero-order valence-electron chi connectivity index (χ0n) is 12.1. The van der Waals surface area contributed by atoms with Gasteiger partial charge in [0, 0.05) is 18.5 Å². The third-order valence-corrected chi connectivity index (χ3v) is 5.09. The number of hydrogen-bond acceptors (Lipinski definition) is 1. The monoisotopic (exact) mass is 281 g/mol. The van der Waals surface area contributed by atoms with Crippen LogP contribution in [0.4, 0.5) is 4.39 Å². The van der Waals surface area contributed by atoms with Gasteiger partial charge in [-0.25, -0.2) is 4.39 Å². The van der Waals surface area contributed by atoms with Crippen LogP contribution in [0, 0.1) is 5.82 Å². The molecule has 2 aromatic rings. The lowest BCUT2D eigenvalue weighted by Crippen LogP contribution is -2.43. The minimum atomic E-state index is -0.142. The molecule has 0 saturated heterocycles. The van der Waals surface area contributed by atoms with Crippen LogP contribution < -0.4 is 5.32 Å². The maximum atomic E-state index is 12.9. The highest BCUT2D eigenvalue weighted by Gasteiger charge is 2.32. The minimum absolute atomic E-state index is 0.142. The van der Waals surface area contributed by atoms with Crippen LogP contribution in [-0.4, -0.2) is 12.6 Å². The van der Waals surface area contributed by atoms with E-state index in [0.29, 0.717) is 17.9 Å². The molecular weight excluding hydrogens is 261 g/mol. The Morgan fingerprint density at radius 2 is 1.76 bits per heavy atom. The molecule has 1 saturated carbocycles. The van der Waals surface area contributed by atoms with E-state index in [9.17, 15) is 4.39 Å². The summed E-state index contributed by atoms with van der Waals surface area (Å²) >= 11 is 0. The Balaban J connectivity index is 1.25. The average molecular weight is 281 g/mol. The number of hydrogen-bond donors (Lipinski definition) is 1. The lowest BCUT2D eigenvalue weighted by molar-refractivity contribution is 0.282. The lowest BCUT2D eigenvalue weighted by Gasteiger charge is -2.39. The molecule has 1 atom stereocenters. The van der Waals surface area contributed by atoms with Crippen LogP contribution in [0.15, 0.2) is 48.5 Å². The summed E-state index contributed by atoms with van der Waals surface area (Å²) in [4.78, 5) is 0. The Labute approximate surface area is 125 Å². The van der Waals surface area contributed by atoms with Gasteiger partial charge in [0.15, 0.2) is 0 Å². The molecule has 1 fully saturated rings. The summed E-state index contributed by atoms with van der Waals surface area (Å²) in [6, 6.07) is 16.4. The molecule has 0 aliphatic heterocycles. The van der Waals surface area contributed by atoms with E-state index in [1.807, 2.05) is 12.1 Å². The molecule has 2 aliphatic rings. The molecule has 0 bridgehead atoms. The van der Waals surface area contributed by atoms with E-state index in [1.54, 1.807) is 12.1 Å². The fraction of sp³-hybridized carbons (Fsp3) is 0.368. The second kappa shape index (κ2) is 5.27. The standard InChI is InChI=1S/C19H20FN/c20-17-7-5-13(6-8-17)15-10-18(11-15)21-12-16-9-14-3-1-2-4-19(14)16/h1-8,15-16,18,21H,9-12H2. The predicted octanol–water partition coefficient (Wildman–Crippen LogP) is 4.00. The summed E-state index contributed by atoms with van der Waals surface area (Å²) in [5.74, 6) is 1.17. The normalized spacial score (nSPS) is 26.6. The van der Waals surface area contributed by atoms with Crippen LogP contribution >= 0.6 is 0 Å². The number of nitrogens with one attached hydrogen (secondary N) is 1. The van der Waals surface area contributed by atoms with Gasteiger partial charge in [-0.15, -0.1) is 0 Å². The Hall–Kier alpha value is -1.67. The largest absolute Gasteiger partial charge is 0.313 e. The molecule has 0 amide bonds. The molecule has 2 aromatic carbocycles. The van der Waals surface area contributed by atoms with Gasteiger partial charge >= 0.3 is 0 Å². The molecule has 1 N–H and O–H groups in total. The molecule has 1 nitrogen and oxygen atoms in total. The van der Waals surface area contributed by atoms with Crippen LogP contribution in [0.25, 0.3) is 0 Å². The molecular formula is C19H20FN. The van der Waals surface area contributed by atoms with Crippen molar-refractivity contribution in [2.75, 3.05) is 6.54 Å². The van der Waals surface area contributed by atoms with Crippen molar-refractivity contribution in [3.05, 3.63) is 71.0 Å². The molecule has 0 aromatic heterocycles. The van der Waals surface area contributed by atoms with Crippen molar-refractivity contribution >= 4 is 0 Å². The minimum Gasteiger partial charge on any atom is -0.313 e. The van der Waals surface area contributed by atoms with E-state index in [2.05, 4.69) is 29.6 Å². The zero-order chi connectivity index (χ0) is 14.2. The zero-order valence-corrected chi connectivity index (χ0v) is 12.1. The fourth-order valence-electron chi connectivity index (χ4n) is 3.65. The highest BCUT2D eigenvalue weighted by molar-refractivity contribution is 5.40. The number of benzene rings is 2. The van der Waals surface area contributed by atoms with Crippen LogP contribution in [-0.2, 0) is 6.42 Å². The third kappa shape index (κ3) is 2.49. The predicted molar refractivity (Wildman–Crippen MR) is 83.1 cm³/mol. The molecule has 0 radical (unpaired) electrons. The first-order chi connectivity index (χ1) is 10.3. The van der Waals surface area contributed by atoms with Crippen molar-refractivity contribution < 1.29 is 4.39 Å². The molecule has 108 valence electrons. The van der Waals surface area contributed by atoms with Gasteiger partial charge in [-0.05, 0) is 54.0 Å². The van der Waals surface area contributed by atoms with Gasteiger partial charge in [0.25, 0.3) is 0 Å². The van der Waals surface area contributed by atoms with Crippen molar-refractivity contribution in [1.82, 2.24) is 5.32 Å². The van der Waals surface area contributed by atoms with Gasteiger partial charge in [-0.3, -0.25) is 0 Å². The molecule has 4 rings (SSSR count). The second-order valence-corrected chi connectivity index (χ2v) is 6.42. The van der Waals surface area contributed by atoms with Crippen molar-refractivity contribution in [2.45, 2.75) is 37.1 Å². The lowest BCUT2D eigenvalue weighted by atomic mass is 9.74. The van der Waals surface area contributed by atoms with Crippen molar-refractivity contribution in [3.8, 4) is 0 Å². The molecule has 0 spiro atoms. The summed E-state index contributed by atoms with van der Waals surface area (Å²) in [6.45, 7) is 1.10. The van der Waals surface area contributed by atoms with Crippen LogP contribution in [0.1, 0.15) is 41.4 Å². The molecule has 2 heteroatoms. The number of fused-ring (bicyclic) bond motifs is 1. The highest BCUT2D eigenvalue weighted by atomic mass is 19.1. The molecule has 0 heterocycles. The van der Waals surface area contributed by atoms with Gasteiger partial charge in [-0.1, -0.05) is 36.4 Å². The van der Waals surface area contributed by atoms with Crippen LogP contribution in [0.3, 0.4) is 0 Å². The Morgan fingerprint density at radius 1 is 1.00 bits per heavy atom. The van der Waals surface area contributed by atoms with Crippen LogP contribution in [0.2, 0.25) is 0 Å². The molecule has 21 heavy (non-hydrogen) atoms. The third-order valence-electron chi connectivity index (χ3n) is 5.09. The van der Waals surface area contributed by atoms with Gasteiger partial charge in [0.2, 0.25) is 0 Å². The molecule has 1 unspecified atom stereocenters. The molecule has 2 aliphatic carbocycles. The van der Waals surface area contributed by atoms with E-state index in [4.69, 9.17) is 0 Å². The SMILES string of the molecule is Fc1ccc(C2CC(NCC3Cc4ccccc43)C2)cc1. The first kappa shape index (κ1) is 13.0. The van der Waals surface area contributed by atoms with Gasteiger partial charge in [-0.2, -0.15) is 0 Å². The van der Waals surface area contributed by atoms with Crippen molar-refractivity contribution in [3.63, 3.8) is 0 Å². The maximum Gasteiger partial charge on any atom is 0.123 e. The Kier molecular flexibility index (Phi) is 3.27. The first-order valence-corrected chi connectivity index (χ1v) is 7.86. The number of rotatable bonds is 4. The summed E-state index contributed by atoms with van der Waals surface area (Å²) in [5.41, 5.74) is 4.32. The van der Waals surface area contributed by atoms with E-state index in [-0.39, 0.29) is 5.82 Å². The van der Waals surface area contributed by atoms with Gasteiger partial charge in [0.05, 0.1) is 0 Å². The van der Waals surface area contributed by atoms with Gasteiger partial charge in [0.1, 0.15) is 5.82 Å². The highest BCUT2D eigenvalue weighted by Crippen LogP contribution is 2.38. The van der Waals surface area contributed by atoms with Crippen LogP contribution in [0.5, 0.6) is 0 Å². The van der Waals surface area contributed by atoms with Gasteiger partial charge < -0.3 is 5.32 Å². The smallest absolute Gasteiger partial charge is 0.123 e. The van der Waals surface area contributed by atoms with Crippen molar-refractivity contribution in [2.24, 2.45) is 0 Å². The number of halogens is 1. The topological polar surface area (TPSA) is 12.0 Å². The van der Waals surface area contributed by atoms with E-state index < -0.39 is 0 Å². The Morgan fingerprint density at radius 3 is 2.52 bits per heavy atom. The van der Waals surface area contributed by atoms with E-state index in [1.165, 1.54) is 36.0 Å². The van der Waals surface area contributed by atoms with E-state index in [0.717, 1.165) is 6.54 Å². The fourth-order valence-corrected chi connectivity index (χ4v) is 3.65.